The van der Waals surface area contributed by atoms with E-state index in [0.717, 1.165) is 38.0 Å². The first kappa shape index (κ1) is 15.9. The smallest absolute Gasteiger partial charge is 0.249 e. The molecule has 1 saturated carbocycles. The number of benzene rings is 1. The molecule has 2 unspecified atom stereocenters. The minimum Gasteiger partial charge on any atom is -0.344 e. The maximum Gasteiger partial charge on any atom is 0.249 e. The molecule has 0 radical (unpaired) electrons. The number of anilines is 1. The Morgan fingerprint density at radius 2 is 2.04 bits per heavy atom. The lowest BCUT2D eigenvalue weighted by Crippen LogP contribution is -2.43. The van der Waals surface area contributed by atoms with Gasteiger partial charge in [-0.25, -0.2) is 0 Å². The van der Waals surface area contributed by atoms with Gasteiger partial charge < -0.3 is 15.5 Å². The van der Waals surface area contributed by atoms with E-state index in [1.807, 2.05) is 18.2 Å². The number of hydrogen-bond acceptors (Lipinski definition) is 3. The van der Waals surface area contributed by atoms with E-state index in [4.69, 9.17) is 11.6 Å². The number of para-hydroxylation sites is 1. The molecule has 1 aromatic carbocycles. The van der Waals surface area contributed by atoms with E-state index in [9.17, 15) is 9.59 Å². The quantitative estimate of drug-likeness (QED) is 0.878. The van der Waals surface area contributed by atoms with E-state index in [1.165, 1.54) is 0 Å². The van der Waals surface area contributed by atoms with Crippen LogP contribution in [0.1, 0.15) is 25.7 Å². The fourth-order valence-corrected chi connectivity index (χ4v) is 4.43. The number of carbonyl (C=O) groups is 2. The van der Waals surface area contributed by atoms with Crippen molar-refractivity contribution in [3.63, 3.8) is 0 Å². The van der Waals surface area contributed by atoms with Gasteiger partial charge in [0.15, 0.2) is 0 Å². The third-order valence-corrected chi connectivity index (χ3v) is 6.09. The highest BCUT2D eigenvalue weighted by Crippen LogP contribution is 2.58. The fraction of sp³-hybridized carbons (Fsp3) is 0.556. The maximum absolute atomic E-state index is 12.6. The largest absolute Gasteiger partial charge is 0.344 e. The topological polar surface area (TPSA) is 61.4 Å². The summed E-state index contributed by atoms with van der Waals surface area (Å²) in [5.41, 5.74) is 0.918. The van der Waals surface area contributed by atoms with Gasteiger partial charge in [-0.3, -0.25) is 9.59 Å². The van der Waals surface area contributed by atoms with Gasteiger partial charge in [0.05, 0.1) is 10.7 Å². The van der Waals surface area contributed by atoms with Crippen molar-refractivity contribution in [2.24, 2.45) is 11.3 Å². The number of carbonyl (C=O) groups excluding carboxylic acids is 2. The predicted molar refractivity (Wildman–Crippen MR) is 93.0 cm³/mol. The van der Waals surface area contributed by atoms with E-state index < -0.39 is 6.04 Å². The van der Waals surface area contributed by atoms with Crippen LogP contribution >= 0.6 is 11.6 Å². The Bertz CT molecular complexity index is 672. The molecule has 2 saturated heterocycles. The molecule has 1 aliphatic carbocycles. The molecule has 2 N–H and O–H groups in total. The van der Waals surface area contributed by atoms with Crippen molar-refractivity contribution in [1.29, 1.82) is 0 Å². The van der Waals surface area contributed by atoms with Crippen LogP contribution < -0.4 is 15.5 Å². The summed E-state index contributed by atoms with van der Waals surface area (Å²) < 4.78 is 0. The number of rotatable bonds is 3. The minimum absolute atomic E-state index is 0.0521. The minimum atomic E-state index is -0.423. The molecular weight excluding hydrogens is 326 g/mol. The molecule has 128 valence electrons. The maximum atomic E-state index is 12.6. The highest BCUT2D eigenvalue weighted by atomic mass is 35.5. The Labute approximate surface area is 146 Å². The number of amides is 2. The Kier molecular flexibility index (Phi) is 4.01. The summed E-state index contributed by atoms with van der Waals surface area (Å²) in [6, 6.07) is 6.91. The van der Waals surface area contributed by atoms with Crippen molar-refractivity contribution in [1.82, 2.24) is 10.6 Å². The van der Waals surface area contributed by atoms with Crippen LogP contribution in [0.3, 0.4) is 0 Å². The summed E-state index contributed by atoms with van der Waals surface area (Å²) in [5.74, 6) is 0.0782. The molecule has 3 fully saturated rings. The molecule has 2 amide bonds. The Hall–Kier alpha value is -1.59. The van der Waals surface area contributed by atoms with Gasteiger partial charge in [0.1, 0.15) is 6.04 Å². The third-order valence-electron chi connectivity index (χ3n) is 5.77. The number of hydrogen-bond donors (Lipinski definition) is 2. The van der Waals surface area contributed by atoms with Gasteiger partial charge in [-0.15, -0.1) is 0 Å². The van der Waals surface area contributed by atoms with Crippen LogP contribution in [0.15, 0.2) is 24.3 Å². The fourth-order valence-electron chi connectivity index (χ4n) is 4.19. The van der Waals surface area contributed by atoms with Gasteiger partial charge in [0.25, 0.3) is 0 Å². The number of piperidine rings is 1. The second-order valence-electron chi connectivity index (χ2n) is 7.16. The summed E-state index contributed by atoms with van der Waals surface area (Å²) >= 11 is 6.19. The van der Waals surface area contributed by atoms with E-state index in [0.29, 0.717) is 18.0 Å². The lowest BCUT2D eigenvalue weighted by molar-refractivity contribution is -0.127. The summed E-state index contributed by atoms with van der Waals surface area (Å²) in [5, 5.41) is 6.90. The SMILES string of the molecule is O=C(NC1CCN(c2ccccc2Cl)C1=O)C1CC12CCNCC2. The summed E-state index contributed by atoms with van der Waals surface area (Å²) in [4.78, 5) is 26.9. The molecule has 0 bridgehead atoms. The first-order chi connectivity index (χ1) is 11.6. The van der Waals surface area contributed by atoms with Gasteiger partial charge in [0, 0.05) is 12.5 Å². The first-order valence-electron chi connectivity index (χ1n) is 8.68. The van der Waals surface area contributed by atoms with Crippen molar-refractivity contribution < 1.29 is 9.59 Å². The molecule has 5 nitrogen and oxygen atoms in total. The molecule has 4 rings (SSSR count). The van der Waals surface area contributed by atoms with Crippen molar-refractivity contribution in [2.45, 2.75) is 31.7 Å². The van der Waals surface area contributed by atoms with E-state index in [-0.39, 0.29) is 23.1 Å². The molecule has 2 heterocycles. The highest BCUT2D eigenvalue weighted by molar-refractivity contribution is 6.34. The Morgan fingerprint density at radius 1 is 1.29 bits per heavy atom. The molecule has 1 aromatic rings. The van der Waals surface area contributed by atoms with Crippen molar-refractivity contribution in [3.8, 4) is 0 Å². The second kappa shape index (κ2) is 6.05. The van der Waals surface area contributed by atoms with Crippen molar-refractivity contribution in [3.05, 3.63) is 29.3 Å². The molecule has 2 aliphatic heterocycles. The van der Waals surface area contributed by atoms with Crippen LogP contribution in [-0.2, 0) is 9.59 Å². The monoisotopic (exact) mass is 347 g/mol. The Balaban J connectivity index is 1.39. The number of nitrogens with zero attached hydrogens (tertiary/aromatic N) is 1. The van der Waals surface area contributed by atoms with Crippen LogP contribution in [0.5, 0.6) is 0 Å². The van der Waals surface area contributed by atoms with Crippen LogP contribution in [0, 0.1) is 11.3 Å². The van der Waals surface area contributed by atoms with E-state index in [2.05, 4.69) is 10.6 Å². The first-order valence-corrected chi connectivity index (χ1v) is 9.05. The van der Waals surface area contributed by atoms with Crippen molar-refractivity contribution >= 4 is 29.1 Å². The molecule has 2 atom stereocenters. The Morgan fingerprint density at radius 3 is 2.79 bits per heavy atom. The van der Waals surface area contributed by atoms with Crippen LogP contribution in [-0.4, -0.2) is 37.5 Å². The number of halogens is 1. The van der Waals surface area contributed by atoms with Crippen molar-refractivity contribution in [2.75, 3.05) is 24.5 Å². The molecule has 1 spiro atoms. The zero-order chi connectivity index (χ0) is 16.7. The predicted octanol–water partition coefficient (Wildman–Crippen LogP) is 1.95. The van der Waals surface area contributed by atoms with Gasteiger partial charge in [-0.05, 0) is 56.3 Å². The van der Waals surface area contributed by atoms with Crippen LogP contribution in [0.4, 0.5) is 5.69 Å². The molecule has 0 aromatic heterocycles. The van der Waals surface area contributed by atoms with Gasteiger partial charge in [-0.1, -0.05) is 23.7 Å². The molecular formula is C18H22ClN3O2. The lowest BCUT2D eigenvalue weighted by atomic mass is 9.91. The standard InChI is InChI=1S/C18H22ClN3O2/c19-13-3-1-2-4-15(13)22-10-5-14(17(22)24)21-16(23)12-11-18(12)6-8-20-9-7-18/h1-4,12,14,20H,5-11H2,(H,21,23). The zero-order valence-electron chi connectivity index (χ0n) is 13.6. The molecule has 24 heavy (non-hydrogen) atoms. The highest BCUT2D eigenvalue weighted by Gasteiger charge is 2.58. The average Bonchev–Trinajstić information content (AvgIpc) is 3.16. The normalized spacial score (nSPS) is 28.2. The third kappa shape index (κ3) is 2.70. The lowest BCUT2D eigenvalue weighted by Gasteiger charge is -2.23. The molecule has 6 heteroatoms. The summed E-state index contributed by atoms with van der Waals surface area (Å²) in [7, 11) is 0. The van der Waals surface area contributed by atoms with Gasteiger partial charge >= 0.3 is 0 Å². The summed E-state index contributed by atoms with van der Waals surface area (Å²) in [6.45, 7) is 2.58. The van der Waals surface area contributed by atoms with E-state index >= 15 is 0 Å². The average molecular weight is 348 g/mol. The zero-order valence-corrected chi connectivity index (χ0v) is 14.3. The number of nitrogens with one attached hydrogen (secondary N) is 2. The van der Waals surface area contributed by atoms with Gasteiger partial charge in [0.2, 0.25) is 11.8 Å². The van der Waals surface area contributed by atoms with Crippen LogP contribution in [0.25, 0.3) is 0 Å². The van der Waals surface area contributed by atoms with Gasteiger partial charge in [-0.2, -0.15) is 0 Å². The van der Waals surface area contributed by atoms with Crippen LogP contribution in [0.2, 0.25) is 5.02 Å². The summed E-state index contributed by atoms with van der Waals surface area (Å²) in [6.07, 6.45) is 3.73. The van der Waals surface area contributed by atoms with E-state index in [1.54, 1.807) is 11.0 Å². The molecule has 3 aliphatic rings. The second-order valence-corrected chi connectivity index (χ2v) is 7.57.